The zero-order chi connectivity index (χ0) is 15.7. The predicted molar refractivity (Wildman–Crippen MR) is 82.6 cm³/mol. The molecule has 0 fully saturated rings. The first-order chi connectivity index (χ1) is 9.71. The Morgan fingerprint density at radius 3 is 2.52 bits per heavy atom. The molecule has 0 atom stereocenters. The number of benzene rings is 1. The molecule has 1 aromatic carbocycles. The van der Waals surface area contributed by atoms with E-state index in [-0.39, 0.29) is 0 Å². The van der Waals surface area contributed by atoms with Crippen LogP contribution in [0.25, 0.3) is 5.69 Å². The van der Waals surface area contributed by atoms with Crippen molar-refractivity contribution in [1.82, 2.24) is 9.55 Å². The second-order valence-corrected chi connectivity index (χ2v) is 6.10. The molecular weight excluding hydrogens is 267 g/mol. The first kappa shape index (κ1) is 15.8. The fourth-order valence-corrected chi connectivity index (χ4v) is 1.74. The smallest absolute Gasteiger partial charge is 0.423 e. The largest absolute Gasteiger partial charge is 0.491 e. The molecule has 0 radical (unpaired) electrons. The quantitative estimate of drug-likeness (QED) is 0.809. The maximum atomic E-state index is 10.3. The minimum atomic E-state index is -1.12. The van der Waals surface area contributed by atoms with Crippen LogP contribution in [0.15, 0.2) is 43.0 Å². The van der Waals surface area contributed by atoms with Crippen molar-refractivity contribution in [2.75, 3.05) is 0 Å². The summed E-state index contributed by atoms with van der Waals surface area (Å²) in [6.07, 6.45) is 5.21. The summed E-state index contributed by atoms with van der Waals surface area (Å²) in [5, 5.41) is 20.4. The van der Waals surface area contributed by atoms with Gasteiger partial charge in [-0.15, -0.1) is 0 Å². The molecule has 2 aromatic rings. The van der Waals surface area contributed by atoms with Gasteiger partial charge in [-0.05, 0) is 45.3 Å². The maximum Gasteiger partial charge on any atom is 0.491 e. The normalized spacial score (nSPS) is 12.5. The number of aromatic nitrogens is 2. The van der Waals surface area contributed by atoms with E-state index in [9.17, 15) is 10.1 Å². The third kappa shape index (κ3) is 3.53. The van der Waals surface area contributed by atoms with E-state index >= 15 is 0 Å². The molecule has 21 heavy (non-hydrogen) atoms. The molecule has 0 aliphatic heterocycles. The van der Waals surface area contributed by atoms with Crippen LogP contribution in [0.2, 0.25) is 0 Å². The highest BCUT2D eigenvalue weighted by Gasteiger charge is 2.39. The molecule has 6 heteroatoms. The predicted octanol–water partition coefficient (Wildman–Crippen LogP) is 1.13. The zero-order valence-corrected chi connectivity index (χ0v) is 12.8. The van der Waals surface area contributed by atoms with Crippen LogP contribution in [0.5, 0.6) is 0 Å². The van der Waals surface area contributed by atoms with Crippen molar-refractivity contribution in [3.8, 4) is 5.69 Å². The average Bonchev–Trinajstić information content (AvgIpc) is 2.91. The van der Waals surface area contributed by atoms with Crippen molar-refractivity contribution >= 4 is 12.6 Å². The van der Waals surface area contributed by atoms with Crippen LogP contribution in [0.1, 0.15) is 27.7 Å². The second kappa shape index (κ2) is 5.64. The van der Waals surface area contributed by atoms with Crippen LogP contribution in [-0.2, 0) is 4.65 Å². The van der Waals surface area contributed by atoms with E-state index in [0.717, 1.165) is 5.69 Å². The van der Waals surface area contributed by atoms with Crippen molar-refractivity contribution < 1.29 is 14.8 Å². The Hall–Kier alpha value is -1.63. The molecular formula is C15H21BN2O3. The summed E-state index contributed by atoms with van der Waals surface area (Å²) in [4.78, 5) is 4.00. The van der Waals surface area contributed by atoms with E-state index in [2.05, 4.69) is 4.98 Å². The fourth-order valence-electron chi connectivity index (χ4n) is 1.74. The molecule has 1 heterocycles. The molecule has 0 amide bonds. The van der Waals surface area contributed by atoms with E-state index in [4.69, 9.17) is 4.65 Å². The van der Waals surface area contributed by atoms with Crippen molar-refractivity contribution in [1.29, 1.82) is 0 Å². The van der Waals surface area contributed by atoms with Crippen LogP contribution in [-0.4, -0.2) is 38.0 Å². The summed E-state index contributed by atoms with van der Waals surface area (Å²) in [6.45, 7) is 6.80. The van der Waals surface area contributed by atoms with E-state index in [0.29, 0.717) is 5.46 Å². The Bertz CT molecular complexity index is 591. The maximum absolute atomic E-state index is 10.3. The van der Waals surface area contributed by atoms with E-state index in [1.165, 1.54) is 0 Å². The van der Waals surface area contributed by atoms with Gasteiger partial charge >= 0.3 is 7.12 Å². The summed E-state index contributed by atoms with van der Waals surface area (Å²) in [5.74, 6) is 0. The number of aliphatic hydroxyl groups is 1. The van der Waals surface area contributed by atoms with E-state index in [1.54, 1.807) is 46.3 Å². The van der Waals surface area contributed by atoms with Crippen LogP contribution in [0.4, 0.5) is 0 Å². The van der Waals surface area contributed by atoms with E-state index < -0.39 is 18.3 Å². The monoisotopic (exact) mass is 288 g/mol. The molecule has 0 spiro atoms. The Morgan fingerprint density at radius 2 is 1.95 bits per heavy atom. The molecule has 2 N–H and O–H groups in total. The standard InChI is InChI=1S/C15H21BN2O3/c1-14(2,19)15(3,4)21-16(20)12-6-5-7-13(10-12)18-9-8-17-11-18/h5-11,19-20H,1-4H3. The van der Waals surface area contributed by atoms with Gasteiger partial charge in [0, 0.05) is 18.1 Å². The molecule has 0 saturated heterocycles. The third-order valence-electron chi connectivity index (χ3n) is 3.84. The van der Waals surface area contributed by atoms with Crippen LogP contribution in [0, 0.1) is 0 Å². The van der Waals surface area contributed by atoms with Crippen LogP contribution >= 0.6 is 0 Å². The van der Waals surface area contributed by atoms with Gasteiger partial charge in [0.05, 0.1) is 17.5 Å². The highest BCUT2D eigenvalue weighted by molar-refractivity contribution is 6.60. The molecule has 0 bridgehead atoms. The lowest BCUT2D eigenvalue weighted by atomic mass is 9.76. The zero-order valence-electron chi connectivity index (χ0n) is 12.8. The lowest BCUT2D eigenvalue weighted by Crippen LogP contribution is -2.53. The van der Waals surface area contributed by atoms with Crippen molar-refractivity contribution in [3.05, 3.63) is 43.0 Å². The van der Waals surface area contributed by atoms with E-state index in [1.807, 2.05) is 29.0 Å². The lowest BCUT2D eigenvalue weighted by Gasteiger charge is -2.38. The molecule has 112 valence electrons. The molecule has 0 unspecified atom stereocenters. The minimum Gasteiger partial charge on any atom is -0.423 e. The van der Waals surface area contributed by atoms with Gasteiger partial charge in [0.25, 0.3) is 0 Å². The van der Waals surface area contributed by atoms with Gasteiger partial charge in [0.1, 0.15) is 0 Å². The van der Waals surface area contributed by atoms with Gasteiger partial charge < -0.3 is 19.4 Å². The van der Waals surface area contributed by atoms with Crippen molar-refractivity contribution in [2.45, 2.75) is 38.9 Å². The second-order valence-electron chi connectivity index (χ2n) is 6.10. The van der Waals surface area contributed by atoms with Crippen molar-refractivity contribution in [3.63, 3.8) is 0 Å². The number of nitrogens with zero attached hydrogens (tertiary/aromatic N) is 2. The summed E-state index contributed by atoms with van der Waals surface area (Å²) in [5.41, 5.74) is -0.458. The molecule has 2 rings (SSSR count). The number of imidazole rings is 1. The summed E-state index contributed by atoms with van der Waals surface area (Å²) < 4.78 is 7.49. The third-order valence-corrected chi connectivity index (χ3v) is 3.84. The molecule has 0 aliphatic carbocycles. The molecule has 5 nitrogen and oxygen atoms in total. The van der Waals surface area contributed by atoms with Crippen LogP contribution < -0.4 is 5.46 Å². The van der Waals surface area contributed by atoms with Gasteiger partial charge in [-0.1, -0.05) is 12.1 Å². The van der Waals surface area contributed by atoms with Crippen LogP contribution in [0.3, 0.4) is 0 Å². The van der Waals surface area contributed by atoms with Gasteiger partial charge in [-0.2, -0.15) is 0 Å². The Balaban J connectivity index is 2.21. The fraction of sp³-hybridized carbons (Fsp3) is 0.400. The van der Waals surface area contributed by atoms with Crippen molar-refractivity contribution in [2.24, 2.45) is 0 Å². The first-order valence-electron chi connectivity index (χ1n) is 6.87. The number of hydrogen-bond acceptors (Lipinski definition) is 4. The summed E-state index contributed by atoms with van der Waals surface area (Å²) in [6, 6.07) is 7.37. The highest BCUT2D eigenvalue weighted by atomic mass is 16.5. The first-order valence-corrected chi connectivity index (χ1v) is 6.87. The molecule has 0 aliphatic rings. The number of hydrogen-bond donors (Lipinski definition) is 2. The highest BCUT2D eigenvalue weighted by Crippen LogP contribution is 2.25. The Kier molecular flexibility index (Phi) is 4.23. The van der Waals surface area contributed by atoms with Gasteiger partial charge in [0.2, 0.25) is 0 Å². The average molecular weight is 288 g/mol. The van der Waals surface area contributed by atoms with Gasteiger partial charge in [0.15, 0.2) is 0 Å². The number of rotatable bonds is 5. The van der Waals surface area contributed by atoms with Gasteiger partial charge in [-0.3, -0.25) is 0 Å². The minimum absolute atomic E-state index is 0.624. The SMILES string of the molecule is CC(C)(O)C(C)(C)OB(O)c1cccc(-n2ccnc2)c1. The topological polar surface area (TPSA) is 67.5 Å². The van der Waals surface area contributed by atoms with Gasteiger partial charge in [-0.25, -0.2) is 4.98 Å². The summed E-state index contributed by atoms with van der Waals surface area (Å²) in [7, 11) is -1.12. The Labute approximate surface area is 125 Å². The molecule has 1 aromatic heterocycles. The molecule has 0 saturated carbocycles. The Morgan fingerprint density at radius 1 is 1.24 bits per heavy atom. The summed E-state index contributed by atoms with van der Waals surface area (Å²) >= 11 is 0. The lowest BCUT2D eigenvalue weighted by molar-refractivity contribution is -0.0982.